The maximum absolute atomic E-state index is 14.5. The molecule has 2 heterocycles. The molecule has 0 saturated carbocycles. The third-order valence-electron chi connectivity index (χ3n) is 6.14. The number of nitrogen functional groups attached to an aromatic ring is 1. The average molecular weight is 565 g/mol. The molecule has 10 nitrogen and oxygen atoms in total. The summed E-state index contributed by atoms with van der Waals surface area (Å²) in [7, 11) is -3.30. The average Bonchev–Trinajstić information content (AvgIpc) is 3.24. The topological polar surface area (TPSA) is 134 Å². The Hall–Kier alpha value is -2.52. The molecular weight excluding hydrogens is 527 g/mol. The highest BCUT2D eigenvalue weighted by atomic mass is 35.5. The highest BCUT2D eigenvalue weighted by Crippen LogP contribution is 2.50. The van der Waals surface area contributed by atoms with E-state index in [9.17, 15) is 9.36 Å². The summed E-state index contributed by atoms with van der Waals surface area (Å²) in [5, 5.41) is 3.96. The smallest absolute Gasteiger partial charge is 0.312 e. The van der Waals surface area contributed by atoms with Crippen molar-refractivity contribution >= 4 is 41.8 Å². The number of benzene rings is 1. The van der Waals surface area contributed by atoms with E-state index in [1.165, 1.54) is 6.33 Å². The molecule has 0 amide bonds. The van der Waals surface area contributed by atoms with Crippen LogP contribution < -0.4 is 10.8 Å². The van der Waals surface area contributed by atoms with Crippen molar-refractivity contribution in [3.05, 3.63) is 47.5 Å². The van der Waals surface area contributed by atoms with Crippen LogP contribution in [0.4, 0.5) is 5.82 Å². The van der Waals surface area contributed by atoms with Crippen molar-refractivity contribution in [3.8, 4) is 0 Å². The third-order valence-corrected chi connectivity index (χ3v) is 9.23. The van der Waals surface area contributed by atoms with Gasteiger partial charge >= 0.3 is 5.97 Å². The molecule has 0 aliphatic rings. The van der Waals surface area contributed by atoms with Crippen LogP contribution in [0.3, 0.4) is 0 Å². The normalized spacial score (nSPS) is 14.8. The fraction of sp³-hybridized carbons (Fsp3) is 0.538. The molecule has 1 unspecified atom stereocenters. The second kappa shape index (κ2) is 12.1. The predicted octanol–water partition coefficient (Wildman–Crippen LogP) is 5.21. The lowest BCUT2D eigenvalue weighted by molar-refractivity contribution is -0.152. The van der Waals surface area contributed by atoms with Gasteiger partial charge in [-0.15, -0.1) is 0 Å². The van der Waals surface area contributed by atoms with Gasteiger partial charge in [0.05, 0.1) is 31.0 Å². The van der Waals surface area contributed by atoms with Crippen LogP contribution in [0.15, 0.2) is 36.9 Å². The largest absolute Gasteiger partial charge is 0.465 e. The fourth-order valence-electron chi connectivity index (χ4n) is 4.26. The van der Waals surface area contributed by atoms with Gasteiger partial charge in [0.15, 0.2) is 18.8 Å². The third kappa shape index (κ3) is 7.53. The highest BCUT2D eigenvalue weighted by Gasteiger charge is 2.41. The molecule has 3 rings (SSSR count). The summed E-state index contributed by atoms with van der Waals surface area (Å²) < 4.78 is 27.9. The molecule has 0 aliphatic carbocycles. The number of halogens is 1. The number of fused-ring (bicyclic) bond motifs is 1. The van der Waals surface area contributed by atoms with Crippen LogP contribution in [-0.2, 0) is 30.9 Å². The number of anilines is 1. The first kappa shape index (κ1) is 30.0. The minimum absolute atomic E-state index is 0.0596. The lowest BCUT2D eigenvalue weighted by Gasteiger charge is -2.36. The first-order chi connectivity index (χ1) is 17.8. The Morgan fingerprint density at radius 2 is 1.87 bits per heavy atom. The van der Waals surface area contributed by atoms with E-state index >= 15 is 0 Å². The predicted molar refractivity (Wildman–Crippen MR) is 150 cm³/mol. The lowest BCUT2D eigenvalue weighted by atomic mass is 9.96. The van der Waals surface area contributed by atoms with Crippen molar-refractivity contribution < 1.29 is 18.8 Å². The summed E-state index contributed by atoms with van der Waals surface area (Å²) >= 11 is 6.08. The molecule has 2 aromatic heterocycles. The van der Waals surface area contributed by atoms with Crippen molar-refractivity contribution in [2.45, 2.75) is 66.2 Å². The molecule has 3 aromatic rings. The van der Waals surface area contributed by atoms with E-state index in [0.717, 1.165) is 5.56 Å². The summed E-state index contributed by atoms with van der Waals surface area (Å²) in [4.78, 5) is 25.3. The summed E-state index contributed by atoms with van der Waals surface area (Å²) in [6, 6.07) is 7.37. The molecular formula is C26H38ClN6O4P. The molecule has 0 saturated heterocycles. The quantitative estimate of drug-likeness (QED) is 0.212. The van der Waals surface area contributed by atoms with Crippen LogP contribution in [-0.4, -0.2) is 50.7 Å². The van der Waals surface area contributed by atoms with Crippen LogP contribution >= 0.6 is 18.9 Å². The number of ether oxygens (including phenoxy) is 2. The van der Waals surface area contributed by atoms with Gasteiger partial charge < -0.3 is 24.3 Å². The number of nitrogens with two attached hydrogens (primary N) is 1. The summed E-state index contributed by atoms with van der Waals surface area (Å²) in [6.07, 6.45) is 3.36. The van der Waals surface area contributed by atoms with Gasteiger partial charge in [0.2, 0.25) is 0 Å². The van der Waals surface area contributed by atoms with Gasteiger partial charge in [0.25, 0.3) is 0 Å². The van der Waals surface area contributed by atoms with Crippen molar-refractivity contribution in [1.29, 1.82) is 0 Å². The van der Waals surface area contributed by atoms with Gasteiger partial charge in [0.1, 0.15) is 18.2 Å². The molecule has 0 aliphatic heterocycles. The number of nitrogens with zero attached hydrogens (tertiary/aromatic N) is 4. The lowest BCUT2D eigenvalue weighted by Crippen LogP contribution is -2.40. The van der Waals surface area contributed by atoms with Gasteiger partial charge in [-0.25, -0.2) is 15.0 Å². The van der Waals surface area contributed by atoms with Crippen molar-refractivity contribution in [2.24, 2.45) is 5.41 Å². The Balaban J connectivity index is 1.80. The highest BCUT2D eigenvalue weighted by molar-refractivity contribution is 7.61. The zero-order valence-electron chi connectivity index (χ0n) is 22.9. The molecule has 1 aromatic carbocycles. The van der Waals surface area contributed by atoms with E-state index in [-0.39, 0.29) is 24.6 Å². The van der Waals surface area contributed by atoms with Crippen molar-refractivity contribution in [2.75, 3.05) is 24.9 Å². The Morgan fingerprint density at radius 1 is 1.18 bits per heavy atom. The Labute approximate surface area is 229 Å². The second-order valence-corrected chi connectivity index (χ2v) is 13.8. The van der Waals surface area contributed by atoms with Crippen LogP contribution in [0.1, 0.15) is 53.5 Å². The standard InChI is InChI=1S/C26H38ClN6O4P/c1-7-12-36-24(34)25(3,4)14-38(35,32-26(5,6)19-8-10-20(27)11-9-19)17-37-18(2)13-33-16-31-21-22(28)29-15-30-23(21)33/h8-11,15-16,18H,7,12-14,17H2,1-6H3,(H,32,35)(H2,28,29,30)/t18-,38?/m1/s1. The summed E-state index contributed by atoms with van der Waals surface area (Å²) in [5.41, 5.74) is 6.24. The number of imidazole rings is 1. The van der Waals surface area contributed by atoms with Gasteiger partial charge in [-0.1, -0.05) is 30.7 Å². The van der Waals surface area contributed by atoms with E-state index in [0.29, 0.717) is 41.6 Å². The SMILES string of the molecule is CCCOC(=O)C(C)(C)CP(=O)(CO[C@H](C)Cn1cnc2c(N)ncnc21)NC(C)(C)c1ccc(Cl)cc1. The Kier molecular flexibility index (Phi) is 9.57. The van der Waals surface area contributed by atoms with Gasteiger partial charge in [-0.2, -0.15) is 0 Å². The molecule has 3 N–H and O–H groups in total. The molecule has 2 atom stereocenters. The number of rotatable bonds is 13. The molecule has 0 fully saturated rings. The number of nitrogens with one attached hydrogen (secondary N) is 1. The molecule has 0 bridgehead atoms. The fourth-order valence-corrected chi connectivity index (χ4v) is 7.67. The van der Waals surface area contributed by atoms with E-state index in [4.69, 9.17) is 26.8 Å². The minimum Gasteiger partial charge on any atom is -0.465 e. The van der Waals surface area contributed by atoms with Crippen LogP contribution in [0.5, 0.6) is 0 Å². The van der Waals surface area contributed by atoms with E-state index < -0.39 is 18.2 Å². The van der Waals surface area contributed by atoms with Gasteiger partial charge in [-0.05, 0) is 58.7 Å². The monoisotopic (exact) mass is 564 g/mol. The zero-order chi connectivity index (χ0) is 28.1. The molecule has 0 spiro atoms. The minimum atomic E-state index is -3.30. The number of esters is 1. The zero-order valence-corrected chi connectivity index (χ0v) is 24.6. The van der Waals surface area contributed by atoms with Crippen LogP contribution in [0.25, 0.3) is 11.2 Å². The van der Waals surface area contributed by atoms with E-state index in [1.807, 2.05) is 44.4 Å². The Morgan fingerprint density at radius 3 is 2.53 bits per heavy atom. The number of carbonyl (C=O) groups excluding carboxylic acids is 1. The molecule has 12 heteroatoms. The first-order valence-electron chi connectivity index (χ1n) is 12.6. The number of hydrogen-bond acceptors (Lipinski definition) is 8. The van der Waals surface area contributed by atoms with E-state index in [1.54, 1.807) is 32.3 Å². The molecule has 208 valence electrons. The van der Waals surface area contributed by atoms with Crippen LogP contribution in [0, 0.1) is 5.41 Å². The van der Waals surface area contributed by atoms with Crippen LogP contribution in [0.2, 0.25) is 5.02 Å². The summed E-state index contributed by atoms with van der Waals surface area (Å²) in [5.74, 6) is -0.0847. The van der Waals surface area contributed by atoms with Gasteiger partial charge in [-0.3, -0.25) is 9.88 Å². The van der Waals surface area contributed by atoms with Crippen molar-refractivity contribution in [1.82, 2.24) is 24.6 Å². The number of aromatic nitrogens is 4. The summed E-state index contributed by atoms with van der Waals surface area (Å²) in [6.45, 7) is 11.9. The Bertz CT molecular complexity index is 1290. The van der Waals surface area contributed by atoms with Crippen molar-refractivity contribution in [3.63, 3.8) is 0 Å². The molecule has 0 radical (unpaired) electrons. The number of carbonyl (C=O) groups is 1. The molecule has 38 heavy (non-hydrogen) atoms. The van der Waals surface area contributed by atoms with Gasteiger partial charge in [0, 0.05) is 16.7 Å². The maximum atomic E-state index is 14.5. The van der Waals surface area contributed by atoms with E-state index in [2.05, 4.69) is 20.0 Å². The number of hydrogen-bond donors (Lipinski definition) is 2. The second-order valence-electron chi connectivity index (χ2n) is 10.7. The first-order valence-corrected chi connectivity index (χ1v) is 15.1. The maximum Gasteiger partial charge on any atom is 0.312 e.